The molecule has 78 valence electrons. The second-order valence-corrected chi connectivity index (χ2v) is 3.22. The van der Waals surface area contributed by atoms with Gasteiger partial charge in [-0.25, -0.2) is 0 Å². The first kappa shape index (κ1) is 11.0. The lowest BCUT2D eigenvalue weighted by Crippen LogP contribution is -2.46. The Bertz CT molecular complexity index is 235. The standard InChI is InChI=1S/C10H17N3O/c1-2-3-10(14)12-6-9-13-7-4-11-5-8-13/h11H,4-9H2,1H3,(H,12,14). The fraction of sp³-hybridized carbons (Fsp3) is 0.700. The molecule has 4 nitrogen and oxygen atoms in total. The Morgan fingerprint density at radius 3 is 2.86 bits per heavy atom. The van der Waals surface area contributed by atoms with Crippen molar-refractivity contribution >= 4 is 5.91 Å². The van der Waals surface area contributed by atoms with E-state index in [0.717, 1.165) is 32.7 Å². The first-order chi connectivity index (χ1) is 6.83. The third-order valence-electron chi connectivity index (χ3n) is 2.16. The van der Waals surface area contributed by atoms with Crippen LogP contribution in [-0.2, 0) is 4.79 Å². The number of carbonyl (C=O) groups excluding carboxylic acids is 1. The fourth-order valence-corrected chi connectivity index (χ4v) is 1.42. The highest BCUT2D eigenvalue weighted by atomic mass is 16.1. The number of rotatable bonds is 3. The molecule has 1 fully saturated rings. The van der Waals surface area contributed by atoms with Crippen molar-refractivity contribution in [3.05, 3.63) is 0 Å². The number of amides is 1. The zero-order valence-electron chi connectivity index (χ0n) is 8.60. The van der Waals surface area contributed by atoms with Crippen molar-refractivity contribution in [2.75, 3.05) is 39.3 Å². The molecule has 1 rings (SSSR count). The number of hydrogen-bond acceptors (Lipinski definition) is 3. The molecule has 0 aromatic rings. The molecule has 0 aromatic carbocycles. The molecule has 0 bridgehead atoms. The molecule has 0 atom stereocenters. The van der Waals surface area contributed by atoms with E-state index in [9.17, 15) is 4.79 Å². The second kappa shape index (κ2) is 6.41. The van der Waals surface area contributed by atoms with Crippen molar-refractivity contribution in [1.82, 2.24) is 15.5 Å². The molecule has 1 aliphatic rings. The molecule has 0 aliphatic carbocycles. The van der Waals surface area contributed by atoms with Crippen molar-refractivity contribution in [2.24, 2.45) is 0 Å². The Morgan fingerprint density at radius 1 is 1.50 bits per heavy atom. The van der Waals surface area contributed by atoms with Crippen molar-refractivity contribution in [2.45, 2.75) is 6.92 Å². The molecule has 1 heterocycles. The molecule has 0 spiro atoms. The van der Waals surface area contributed by atoms with Crippen LogP contribution in [-0.4, -0.2) is 50.1 Å². The van der Waals surface area contributed by atoms with Gasteiger partial charge in [-0.05, 0) is 12.8 Å². The first-order valence-corrected chi connectivity index (χ1v) is 4.96. The van der Waals surface area contributed by atoms with E-state index in [0.29, 0.717) is 6.54 Å². The smallest absolute Gasteiger partial charge is 0.295 e. The highest BCUT2D eigenvalue weighted by Gasteiger charge is 2.08. The van der Waals surface area contributed by atoms with E-state index in [1.165, 1.54) is 0 Å². The van der Waals surface area contributed by atoms with Crippen LogP contribution >= 0.6 is 0 Å². The second-order valence-electron chi connectivity index (χ2n) is 3.22. The summed E-state index contributed by atoms with van der Waals surface area (Å²) in [7, 11) is 0. The highest BCUT2D eigenvalue weighted by Crippen LogP contribution is 1.89. The van der Waals surface area contributed by atoms with Crippen LogP contribution in [0.1, 0.15) is 6.92 Å². The summed E-state index contributed by atoms with van der Waals surface area (Å²) in [5, 5.41) is 6.04. The van der Waals surface area contributed by atoms with Gasteiger partial charge in [-0.15, -0.1) is 0 Å². The fourth-order valence-electron chi connectivity index (χ4n) is 1.42. The van der Waals surface area contributed by atoms with Gasteiger partial charge in [0.1, 0.15) is 0 Å². The summed E-state index contributed by atoms with van der Waals surface area (Å²) in [6.07, 6.45) is 0. The third-order valence-corrected chi connectivity index (χ3v) is 2.16. The third kappa shape index (κ3) is 4.26. The summed E-state index contributed by atoms with van der Waals surface area (Å²) in [4.78, 5) is 13.3. The molecule has 1 aliphatic heterocycles. The van der Waals surface area contributed by atoms with Gasteiger partial charge in [0.25, 0.3) is 5.91 Å². The summed E-state index contributed by atoms with van der Waals surface area (Å²) >= 11 is 0. The van der Waals surface area contributed by atoms with Crippen LogP contribution in [0.15, 0.2) is 0 Å². The summed E-state index contributed by atoms with van der Waals surface area (Å²) in [5.74, 6) is 4.84. The van der Waals surface area contributed by atoms with Gasteiger partial charge in [0.05, 0.1) is 0 Å². The van der Waals surface area contributed by atoms with Crippen molar-refractivity contribution in [3.8, 4) is 11.8 Å². The molecule has 0 unspecified atom stereocenters. The van der Waals surface area contributed by atoms with Gasteiger partial charge in [0, 0.05) is 39.3 Å². The Hall–Kier alpha value is -1.05. The van der Waals surface area contributed by atoms with E-state index in [1.807, 2.05) is 0 Å². The molecule has 14 heavy (non-hydrogen) atoms. The Balaban J connectivity index is 2.07. The highest BCUT2D eigenvalue weighted by molar-refractivity contribution is 5.93. The average Bonchev–Trinajstić information content (AvgIpc) is 2.20. The minimum Gasteiger partial charge on any atom is -0.344 e. The summed E-state index contributed by atoms with van der Waals surface area (Å²) in [6, 6.07) is 0. The van der Waals surface area contributed by atoms with Crippen LogP contribution in [0.4, 0.5) is 0 Å². The van der Waals surface area contributed by atoms with Gasteiger partial charge in [0.15, 0.2) is 0 Å². The minimum absolute atomic E-state index is 0.178. The Morgan fingerprint density at radius 2 is 2.21 bits per heavy atom. The van der Waals surface area contributed by atoms with E-state index < -0.39 is 0 Å². The largest absolute Gasteiger partial charge is 0.344 e. The van der Waals surface area contributed by atoms with Crippen LogP contribution in [0, 0.1) is 11.8 Å². The van der Waals surface area contributed by atoms with Gasteiger partial charge in [-0.2, -0.15) is 0 Å². The maximum atomic E-state index is 11.0. The van der Waals surface area contributed by atoms with Gasteiger partial charge in [0.2, 0.25) is 0 Å². The first-order valence-electron chi connectivity index (χ1n) is 4.96. The van der Waals surface area contributed by atoms with Crippen molar-refractivity contribution in [1.29, 1.82) is 0 Å². The van der Waals surface area contributed by atoms with Gasteiger partial charge >= 0.3 is 0 Å². The monoisotopic (exact) mass is 195 g/mol. The van der Waals surface area contributed by atoms with E-state index in [2.05, 4.69) is 27.4 Å². The molecule has 2 N–H and O–H groups in total. The van der Waals surface area contributed by atoms with Crippen molar-refractivity contribution in [3.63, 3.8) is 0 Å². The molecule has 0 saturated carbocycles. The number of carbonyl (C=O) groups is 1. The van der Waals surface area contributed by atoms with Crippen LogP contribution in [0.25, 0.3) is 0 Å². The van der Waals surface area contributed by atoms with Crippen LogP contribution < -0.4 is 10.6 Å². The Labute approximate surface area is 85.0 Å². The van der Waals surface area contributed by atoms with Crippen LogP contribution in [0.3, 0.4) is 0 Å². The van der Waals surface area contributed by atoms with Crippen LogP contribution in [0.2, 0.25) is 0 Å². The average molecular weight is 195 g/mol. The lowest BCUT2D eigenvalue weighted by Gasteiger charge is -2.26. The lowest BCUT2D eigenvalue weighted by atomic mass is 10.3. The van der Waals surface area contributed by atoms with Gasteiger partial charge in [-0.1, -0.05) is 5.92 Å². The van der Waals surface area contributed by atoms with E-state index in [4.69, 9.17) is 0 Å². The SMILES string of the molecule is CC#CC(=O)NCCN1CCNCC1. The number of nitrogens with one attached hydrogen (secondary N) is 2. The number of hydrogen-bond donors (Lipinski definition) is 2. The maximum Gasteiger partial charge on any atom is 0.295 e. The molecule has 1 saturated heterocycles. The number of piperazine rings is 1. The van der Waals surface area contributed by atoms with E-state index in [-0.39, 0.29) is 5.91 Å². The molecule has 1 amide bonds. The quantitative estimate of drug-likeness (QED) is 0.570. The molecular formula is C10H17N3O. The zero-order chi connectivity index (χ0) is 10.2. The molecule has 4 heteroatoms. The van der Waals surface area contributed by atoms with Gasteiger partial charge < -0.3 is 10.6 Å². The maximum absolute atomic E-state index is 11.0. The summed E-state index contributed by atoms with van der Waals surface area (Å²) < 4.78 is 0. The topological polar surface area (TPSA) is 44.4 Å². The predicted octanol–water partition coefficient (Wildman–Crippen LogP) is -0.969. The van der Waals surface area contributed by atoms with E-state index >= 15 is 0 Å². The summed E-state index contributed by atoms with van der Waals surface area (Å²) in [5.41, 5.74) is 0. The lowest BCUT2D eigenvalue weighted by molar-refractivity contribution is -0.115. The van der Waals surface area contributed by atoms with Gasteiger partial charge in [-0.3, -0.25) is 9.69 Å². The van der Waals surface area contributed by atoms with Crippen LogP contribution in [0.5, 0.6) is 0 Å². The number of nitrogens with zero attached hydrogens (tertiary/aromatic N) is 1. The Kier molecular flexibility index (Phi) is 5.05. The minimum atomic E-state index is -0.178. The summed E-state index contributed by atoms with van der Waals surface area (Å²) in [6.45, 7) is 7.48. The molecular weight excluding hydrogens is 178 g/mol. The van der Waals surface area contributed by atoms with E-state index in [1.54, 1.807) is 6.92 Å². The van der Waals surface area contributed by atoms with Crippen molar-refractivity contribution < 1.29 is 4.79 Å². The normalized spacial score (nSPS) is 16.9. The predicted molar refractivity (Wildman–Crippen MR) is 55.8 cm³/mol. The molecule has 0 radical (unpaired) electrons. The molecule has 0 aromatic heterocycles. The zero-order valence-corrected chi connectivity index (χ0v) is 8.60.